The van der Waals surface area contributed by atoms with E-state index in [1.165, 1.54) is 0 Å². The number of aromatic nitrogens is 5. The van der Waals surface area contributed by atoms with Gasteiger partial charge in [0, 0.05) is 17.7 Å². The fourth-order valence-electron chi connectivity index (χ4n) is 1.29. The van der Waals surface area contributed by atoms with Gasteiger partial charge in [-0.3, -0.25) is 15.0 Å². The van der Waals surface area contributed by atoms with Crippen molar-refractivity contribution in [3.63, 3.8) is 0 Å². The third kappa shape index (κ3) is 2.49. The van der Waals surface area contributed by atoms with E-state index < -0.39 is 0 Å². The number of carbonyl (C=O) groups excluding carboxylic acids is 1. The van der Waals surface area contributed by atoms with Crippen LogP contribution in [-0.4, -0.2) is 31.3 Å². The van der Waals surface area contributed by atoms with Gasteiger partial charge >= 0.3 is 0 Å². The van der Waals surface area contributed by atoms with E-state index in [9.17, 15) is 4.79 Å². The van der Waals surface area contributed by atoms with E-state index in [0.717, 1.165) is 5.69 Å². The molecular formula is C10H14N6O. The predicted octanol–water partition coefficient (Wildman–Crippen LogP) is 1.21. The number of hydrogen-bond acceptors (Lipinski definition) is 4. The second-order valence-electron chi connectivity index (χ2n) is 4.09. The monoisotopic (exact) mass is 234 g/mol. The zero-order valence-corrected chi connectivity index (χ0v) is 9.90. The Morgan fingerprint density at radius 3 is 2.65 bits per heavy atom. The zero-order valence-electron chi connectivity index (χ0n) is 9.90. The van der Waals surface area contributed by atoms with Gasteiger partial charge in [-0.05, 0) is 6.92 Å². The normalized spacial score (nSPS) is 10.8. The molecule has 2 heterocycles. The number of carbonyl (C=O) groups is 1. The molecule has 0 radical (unpaired) electrons. The summed E-state index contributed by atoms with van der Waals surface area (Å²) in [7, 11) is 0. The first kappa shape index (κ1) is 11.3. The highest BCUT2D eigenvalue weighted by Crippen LogP contribution is 2.09. The maximum absolute atomic E-state index is 11.7. The third-order valence-electron chi connectivity index (χ3n) is 2.20. The minimum Gasteiger partial charge on any atom is -0.302 e. The molecular weight excluding hydrogens is 220 g/mol. The van der Waals surface area contributed by atoms with E-state index in [1.807, 2.05) is 20.8 Å². The van der Waals surface area contributed by atoms with Gasteiger partial charge in [0.2, 0.25) is 5.82 Å². The van der Waals surface area contributed by atoms with E-state index in [0.29, 0.717) is 11.6 Å². The molecule has 90 valence electrons. The number of nitrogens with zero attached hydrogens (tertiary/aromatic N) is 3. The van der Waals surface area contributed by atoms with Crippen LogP contribution in [-0.2, 0) is 0 Å². The maximum Gasteiger partial charge on any atom is 0.296 e. The number of aryl methyl sites for hydroxylation is 1. The minimum absolute atomic E-state index is 0.120. The van der Waals surface area contributed by atoms with Gasteiger partial charge in [0.1, 0.15) is 5.82 Å². The highest BCUT2D eigenvalue weighted by atomic mass is 16.2. The van der Waals surface area contributed by atoms with Gasteiger partial charge in [-0.15, -0.1) is 5.10 Å². The summed E-state index contributed by atoms with van der Waals surface area (Å²) in [6.45, 7) is 5.80. The van der Waals surface area contributed by atoms with E-state index in [4.69, 9.17) is 0 Å². The minimum atomic E-state index is -0.375. The Balaban J connectivity index is 2.09. The van der Waals surface area contributed by atoms with E-state index in [-0.39, 0.29) is 17.6 Å². The Kier molecular flexibility index (Phi) is 2.90. The molecule has 0 aliphatic carbocycles. The molecule has 0 atom stereocenters. The van der Waals surface area contributed by atoms with Crippen LogP contribution in [0, 0.1) is 6.92 Å². The lowest BCUT2D eigenvalue weighted by Gasteiger charge is -1.96. The number of aromatic amines is 2. The molecule has 0 saturated heterocycles. The molecule has 0 bridgehead atoms. The molecule has 1 amide bonds. The number of anilines is 1. The first-order valence-electron chi connectivity index (χ1n) is 5.32. The summed E-state index contributed by atoms with van der Waals surface area (Å²) in [5, 5.41) is 15.8. The highest BCUT2D eigenvalue weighted by Gasteiger charge is 2.14. The first-order valence-corrected chi connectivity index (χ1v) is 5.32. The second kappa shape index (κ2) is 4.36. The van der Waals surface area contributed by atoms with Crippen LogP contribution in [0.3, 0.4) is 0 Å². The molecule has 2 aromatic rings. The van der Waals surface area contributed by atoms with E-state index in [2.05, 4.69) is 30.7 Å². The van der Waals surface area contributed by atoms with Crippen LogP contribution in [0.25, 0.3) is 0 Å². The molecule has 0 aromatic carbocycles. The fourth-order valence-corrected chi connectivity index (χ4v) is 1.29. The second-order valence-corrected chi connectivity index (χ2v) is 4.09. The van der Waals surface area contributed by atoms with Crippen molar-refractivity contribution in [3.8, 4) is 0 Å². The van der Waals surface area contributed by atoms with Gasteiger partial charge in [-0.1, -0.05) is 13.8 Å². The number of nitrogens with one attached hydrogen (secondary N) is 3. The number of H-pyrrole nitrogens is 2. The van der Waals surface area contributed by atoms with Crippen molar-refractivity contribution in [2.75, 3.05) is 5.32 Å². The molecule has 7 heteroatoms. The average Bonchev–Trinajstić information content (AvgIpc) is 2.86. The molecule has 7 nitrogen and oxygen atoms in total. The topological polar surface area (TPSA) is 99.3 Å². The van der Waals surface area contributed by atoms with Crippen LogP contribution >= 0.6 is 0 Å². The highest BCUT2D eigenvalue weighted by molar-refractivity contribution is 6.00. The third-order valence-corrected chi connectivity index (χ3v) is 2.20. The quantitative estimate of drug-likeness (QED) is 0.743. The van der Waals surface area contributed by atoms with Crippen LogP contribution in [0.2, 0.25) is 0 Å². The Hall–Kier alpha value is -2.18. The number of rotatable bonds is 3. The lowest BCUT2D eigenvalue weighted by molar-refractivity contribution is 0.101. The van der Waals surface area contributed by atoms with Crippen molar-refractivity contribution in [2.24, 2.45) is 0 Å². The lowest BCUT2D eigenvalue weighted by Crippen LogP contribution is -2.14. The van der Waals surface area contributed by atoms with E-state index in [1.54, 1.807) is 6.07 Å². The summed E-state index contributed by atoms with van der Waals surface area (Å²) >= 11 is 0. The average molecular weight is 234 g/mol. The molecule has 0 saturated carbocycles. The Morgan fingerprint density at radius 1 is 1.35 bits per heavy atom. The SMILES string of the molecule is Cc1cc(NC(=O)c2n[nH]c(C(C)C)n2)n[nH]1. The van der Waals surface area contributed by atoms with E-state index >= 15 is 0 Å². The summed E-state index contributed by atoms with van der Waals surface area (Å²) in [4.78, 5) is 15.8. The summed E-state index contributed by atoms with van der Waals surface area (Å²) in [5.41, 5.74) is 0.873. The van der Waals surface area contributed by atoms with Crippen molar-refractivity contribution in [1.82, 2.24) is 25.4 Å². The Labute approximate surface area is 98.0 Å². The van der Waals surface area contributed by atoms with Crippen molar-refractivity contribution in [2.45, 2.75) is 26.7 Å². The standard InChI is InChI=1S/C10H14N6O/c1-5(2)8-12-9(16-15-8)10(17)11-7-4-6(3)13-14-7/h4-5H,1-3H3,(H,12,15,16)(H2,11,13,14,17). The van der Waals surface area contributed by atoms with Gasteiger partial charge in [0.05, 0.1) is 0 Å². The van der Waals surface area contributed by atoms with Crippen molar-refractivity contribution in [1.29, 1.82) is 0 Å². The van der Waals surface area contributed by atoms with Crippen LogP contribution < -0.4 is 5.32 Å². The molecule has 0 aliphatic heterocycles. The molecule has 2 aromatic heterocycles. The van der Waals surface area contributed by atoms with Crippen molar-refractivity contribution < 1.29 is 4.79 Å². The molecule has 0 spiro atoms. The van der Waals surface area contributed by atoms with Crippen molar-refractivity contribution >= 4 is 11.7 Å². The van der Waals surface area contributed by atoms with Crippen molar-refractivity contribution in [3.05, 3.63) is 23.4 Å². The largest absolute Gasteiger partial charge is 0.302 e. The lowest BCUT2D eigenvalue weighted by atomic mass is 10.2. The number of amides is 1. The van der Waals surface area contributed by atoms with Gasteiger partial charge < -0.3 is 5.32 Å². The van der Waals surface area contributed by atoms with Gasteiger partial charge in [0.15, 0.2) is 5.82 Å². The molecule has 17 heavy (non-hydrogen) atoms. The van der Waals surface area contributed by atoms with Crippen LogP contribution in [0.1, 0.15) is 41.9 Å². The zero-order chi connectivity index (χ0) is 12.4. The smallest absolute Gasteiger partial charge is 0.296 e. The molecule has 2 rings (SSSR count). The van der Waals surface area contributed by atoms with Gasteiger partial charge in [-0.2, -0.15) is 5.10 Å². The Morgan fingerprint density at radius 2 is 2.12 bits per heavy atom. The Bertz CT molecular complexity index is 526. The molecule has 0 aliphatic rings. The summed E-state index contributed by atoms with van der Waals surface area (Å²) < 4.78 is 0. The van der Waals surface area contributed by atoms with Crippen LogP contribution in [0.5, 0.6) is 0 Å². The van der Waals surface area contributed by atoms with Gasteiger partial charge in [-0.25, -0.2) is 4.98 Å². The summed E-state index contributed by atoms with van der Waals surface area (Å²) in [6, 6.07) is 1.73. The van der Waals surface area contributed by atoms with Crippen LogP contribution in [0.15, 0.2) is 6.07 Å². The van der Waals surface area contributed by atoms with Crippen LogP contribution in [0.4, 0.5) is 5.82 Å². The summed E-state index contributed by atoms with van der Waals surface area (Å²) in [5.74, 6) is 1.10. The maximum atomic E-state index is 11.7. The number of hydrogen-bond donors (Lipinski definition) is 3. The molecule has 3 N–H and O–H groups in total. The van der Waals surface area contributed by atoms with Gasteiger partial charge in [0.25, 0.3) is 5.91 Å². The molecule has 0 unspecified atom stereocenters. The fraction of sp³-hybridized carbons (Fsp3) is 0.400. The predicted molar refractivity (Wildman–Crippen MR) is 61.7 cm³/mol. The first-order chi connectivity index (χ1) is 8.06. The summed E-state index contributed by atoms with van der Waals surface area (Å²) in [6.07, 6.45) is 0. The molecule has 0 fully saturated rings.